The molecule has 0 aromatic heterocycles. The summed E-state index contributed by atoms with van der Waals surface area (Å²) in [6.07, 6.45) is 4.32. The van der Waals surface area contributed by atoms with Crippen molar-refractivity contribution in [1.29, 1.82) is 0 Å². The predicted molar refractivity (Wildman–Crippen MR) is 60.7 cm³/mol. The zero-order valence-corrected chi connectivity index (χ0v) is 8.65. The van der Waals surface area contributed by atoms with Crippen molar-refractivity contribution >= 4 is 11.8 Å². The molecule has 0 saturated carbocycles. The molecule has 16 heavy (non-hydrogen) atoms. The summed E-state index contributed by atoms with van der Waals surface area (Å²) in [6.45, 7) is 3.64. The molecule has 0 unspecified atom stereocenters. The zero-order chi connectivity index (χ0) is 11.8. The Morgan fingerprint density at radius 2 is 2.12 bits per heavy atom. The van der Waals surface area contributed by atoms with Crippen LogP contribution in [-0.2, 0) is 4.74 Å². The molecule has 84 valence electrons. The lowest BCUT2D eigenvalue weighted by Gasteiger charge is -2.04. The molecule has 0 atom stereocenters. The number of amides is 1. The highest BCUT2D eigenvalue weighted by Gasteiger charge is 2.01. The summed E-state index contributed by atoms with van der Waals surface area (Å²) < 4.78 is 17.3. The third-order valence-corrected chi connectivity index (χ3v) is 1.67. The van der Waals surface area contributed by atoms with Crippen molar-refractivity contribution in [2.75, 3.05) is 11.9 Å². The monoisotopic (exact) mass is 221 g/mol. The minimum atomic E-state index is -0.583. The molecule has 0 spiro atoms. The first kappa shape index (κ1) is 12.0. The van der Waals surface area contributed by atoms with Gasteiger partial charge in [0.1, 0.15) is 12.4 Å². The molecular formula is C12H12FNO2. The molecule has 4 heteroatoms. The molecule has 1 amide bonds. The lowest BCUT2D eigenvalue weighted by molar-refractivity contribution is 0.174. The normalized spacial score (nSPS) is 10.1. The van der Waals surface area contributed by atoms with Gasteiger partial charge in [0, 0.05) is 5.69 Å². The maximum absolute atomic E-state index is 12.5. The number of rotatable bonds is 4. The third-order valence-electron chi connectivity index (χ3n) is 1.67. The number of benzene rings is 1. The van der Waals surface area contributed by atoms with Crippen molar-refractivity contribution in [1.82, 2.24) is 0 Å². The van der Waals surface area contributed by atoms with Gasteiger partial charge in [-0.1, -0.05) is 18.7 Å². The fourth-order valence-electron chi connectivity index (χ4n) is 0.963. The van der Waals surface area contributed by atoms with E-state index < -0.39 is 6.09 Å². The minimum absolute atomic E-state index is 0.166. The van der Waals surface area contributed by atoms with Crippen LogP contribution in [0.3, 0.4) is 0 Å². The van der Waals surface area contributed by atoms with E-state index in [2.05, 4.69) is 11.9 Å². The average Bonchev–Trinajstić information content (AvgIpc) is 2.28. The minimum Gasteiger partial charge on any atom is -0.445 e. The van der Waals surface area contributed by atoms with E-state index in [0.29, 0.717) is 5.69 Å². The highest BCUT2D eigenvalue weighted by atomic mass is 19.1. The van der Waals surface area contributed by atoms with Gasteiger partial charge in [-0.05, 0) is 30.3 Å². The topological polar surface area (TPSA) is 38.3 Å². The van der Waals surface area contributed by atoms with Crippen LogP contribution >= 0.6 is 0 Å². The summed E-state index contributed by atoms with van der Waals surface area (Å²) in [6, 6.07) is 5.42. The molecule has 0 aliphatic heterocycles. The first-order chi connectivity index (χ1) is 7.72. The predicted octanol–water partition coefficient (Wildman–Crippen LogP) is 3.12. The summed E-state index contributed by atoms with van der Waals surface area (Å²) in [4.78, 5) is 11.2. The first-order valence-corrected chi connectivity index (χ1v) is 4.69. The molecule has 0 radical (unpaired) electrons. The second-order valence-corrected chi connectivity index (χ2v) is 2.89. The maximum atomic E-state index is 12.5. The second kappa shape index (κ2) is 6.40. The van der Waals surface area contributed by atoms with E-state index in [9.17, 15) is 9.18 Å². The standard InChI is InChI=1S/C12H12FNO2/c1-2-3-4-9-16-12(15)14-11-7-5-10(13)6-8-11/h2-8H,1,9H2,(H,14,15). The smallest absolute Gasteiger partial charge is 0.411 e. The number of carbonyl (C=O) groups excluding carboxylic acids is 1. The van der Waals surface area contributed by atoms with Crippen LogP contribution in [0.5, 0.6) is 0 Å². The number of ether oxygens (including phenoxy) is 1. The van der Waals surface area contributed by atoms with E-state index in [1.807, 2.05) is 0 Å². The van der Waals surface area contributed by atoms with Gasteiger partial charge in [0.2, 0.25) is 0 Å². The summed E-state index contributed by atoms with van der Waals surface area (Å²) in [7, 11) is 0. The van der Waals surface area contributed by atoms with Crippen LogP contribution in [0.15, 0.2) is 49.1 Å². The van der Waals surface area contributed by atoms with Gasteiger partial charge in [-0.2, -0.15) is 0 Å². The van der Waals surface area contributed by atoms with Crippen LogP contribution in [0.4, 0.5) is 14.9 Å². The van der Waals surface area contributed by atoms with Crippen LogP contribution in [0, 0.1) is 5.82 Å². The lowest BCUT2D eigenvalue weighted by atomic mass is 10.3. The fraction of sp³-hybridized carbons (Fsp3) is 0.0833. The number of anilines is 1. The number of allylic oxidation sites excluding steroid dienone is 2. The van der Waals surface area contributed by atoms with Gasteiger partial charge in [0.15, 0.2) is 0 Å². The zero-order valence-electron chi connectivity index (χ0n) is 8.65. The summed E-state index contributed by atoms with van der Waals surface area (Å²) in [5, 5.41) is 2.46. The molecule has 1 N–H and O–H groups in total. The van der Waals surface area contributed by atoms with Crippen molar-refractivity contribution in [2.45, 2.75) is 0 Å². The molecule has 3 nitrogen and oxygen atoms in total. The molecule has 0 heterocycles. The van der Waals surface area contributed by atoms with Crippen LogP contribution in [-0.4, -0.2) is 12.7 Å². The van der Waals surface area contributed by atoms with E-state index in [1.165, 1.54) is 24.3 Å². The van der Waals surface area contributed by atoms with Crippen LogP contribution < -0.4 is 5.32 Å². The molecule has 1 aromatic carbocycles. The van der Waals surface area contributed by atoms with Crippen LogP contribution in [0.25, 0.3) is 0 Å². The Morgan fingerprint density at radius 1 is 1.44 bits per heavy atom. The Balaban J connectivity index is 2.36. The number of nitrogens with one attached hydrogen (secondary N) is 1. The van der Waals surface area contributed by atoms with E-state index in [1.54, 1.807) is 18.2 Å². The maximum Gasteiger partial charge on any atom is 0.411 e. The van der Waals surface area contributed by atoms with E-state index in [0.717, 1.165) is 0 Å². The lowest BCUT2D eigenvalue weighted by Crippen LogP contribution is -2.13. The van der Waals surface area contributed by atoms with Gasteiger partial charge in [-0.15, -0.1) is 0 Å². The van der Waals surface area contributed by atoms with E-state index in [4.69, 9.17) is 4.74 Å². The molecule has 1 aromatic rings. The van der Waals surface area contributed by atoms with Crippen molar-refractivity contribution in [3.63, 3.8) is 0 Å². The number of hydrogen-bond acceptors (Lipinski definition) is 2. The van der Waals surface area contributed by atoms with Gasteiger partial charge in [-0.3, -0.25) is 5.32 Å². The van der Waals surface area contributed by atoms with Gasteiger partial charge in [0.05, 0.1) is 0 Å². The largest absolute Gasteiger partial charge is 0.445 e. The van der Waals surface area contributed by atoms with Gasteiger partial charge in [0.25, 0.3) is 0 Å². The van der Waals surface area contributed by atoms with Crippen molar-refractivity contribution in [3.05, 3.63) is 54.9 Å². The Morgan fingerprint density at radius 3 is 2.75 bits per heavy atom. The van der Waals surface area contributed by atoms with E-state index >= 15 is 0 Å². The van der Waals surface area contributed by atoms with Crippen molar-refractivity contribution < 1.29 is 13.9 Å². The highest BCUT2D eigenvalue weighted by Crippen LogP contribution is 2.08. The molecule has 0 saturated heterocycles. The van der Waals surface area contributed by atoms with Crippen LogP contribution in [0.2, 0.25) is 0 Å². The fourth-order valence-corrected chi connectivity index (χ4v) is 0.963. The molecule has 0 fully saturated rings. The molecule has 0 aliphatic rings. The summed E-state index contributed by atoms with van der Waals surface area (Å²) in [5.74, 6) is -0.354. The molecule has 0 aliphatic carbocycles. The molecule has 1 rings (SSSR count). The second-order valence-electron chi connectivity index (χ2n) is 2.89. The summed E-state index contributed by atoms with van der Waals surface area (Å²) >= 11 is 0. The van der Waals surface area contributed by atoms with Crippen LogP contribution in [0.1, 0.15) is 0 Å². The Bertz CT molecular complexity index is 385. The third kappa shape index (κ3) is 4.41. The van der Waals surface area contributed by atoms with Gasteiger partial charge < -0.3 is 4.74 Å². The van der Waals surface area contributed by atoms with Gasteiger partial charge in [-0.25, -0.2) is 9.18 Å². The Kier molecular flexibility index (Phi) is 4.79. The van der Waals surface area contributed by atoms with Gasteiger partial charge >= 0.3 is 6.09 Å². The highest BCUT2D eigenvalue weighted by molar-refractivity contribution is 5.84. The first-order valence-electron chi connectivity index (χ1n) is 4.69. The quantitative estimate of drug-likeness (QED) is 0.793. The van der Waals surface area contributed by atoms with Crippen molar-refractivity contribution in [3.8, 4) is 0 Å². The van der Waals surface area contributed by atoms with Crippen molar-refractivity contribution in [2.24, 2.45) is 0 Å². The average molecular weight is 221 g/mol. The van der Waals surface area contributed by atoms with E-state index in [-0.39, 0.29) is 12.4 Å². The molecular weight excluding hydrogens is 209 g/mol. The molecule has 0 bridgehead atoms. The summed E-state index contributed by atoms with van der Waals surface area (Å²) in [5.41, 5.74) is 0.485. The Labute approximate surface area is 93.2 Å². The Hall–Kier alpha value is -2.10. The number of halogens is 1. The SMILES string of the molecule is C=CC=CCOC(=O)Nc1ccc(F)cc1. The number of carbonyl (C=O) groups is 1. The number of hydrogen-bond donors (Lipinski definition) is 1.